The highest BCUT2D eigenvalue weighted by Crippen LogP contribution is 2.27. The largest absolute Gasteiger partial charge is 0.328 e. The van der Waals surface area contributed by atoms with Crippen molar-refractivity contribution in [1.29, 1.82) is 0 Å². The van der Waals surface area contributed by atoms with Crippen LogP contribution < -0.4 is 5.73 Å². The van der Waals surface area contributed by atoms with E-state index in [2.05, 4.69) is 5.10 Å². The Morgan fingerprint density at radius 2 is 2.17 bits per heavy atom. The Morgan fingerprint density at radius 1 is 1.50 bits per heavy atom. The van der Waals surface area contributed by atoms with Crippen molar-refractivity contribution < 1.29 is 8.42 Å². The lowest BCUT2D eigenvalue weighted by Crippen LogP contribution is -2.19. The van der Waals surface area contributed by atoms with Gasteiger partial charge >= 0.3 is 0 Å². The molecular formula is C12H21N3O2S. The quantitative estimate of drug-likeness (QED) is 0.880. The Bertz CT molecular complexity index is 546. The first kappa shape index (κ1) is 13.5. The van der Waals surface area contributed by atoms with Gasteiger partial charge in [0.2, 0.25) is 0 Å². The normalized spacial score (nSPS) is 24.3. The molecule has 0 amide bonds. The van der Waals surface area contributed by atoms with Crippen molar-refractivity contribution in [3.63, 3.8) is 0 Å². The van der Waals surface area contributed by atoms with E-state index in [9.17, 15) is 8.42 Å². The molecule has 1 aliphatic rings. The number of aromatic nitrogens is 2. The van der Waals surface area contributed by atoms with Gasteiger partial charge in [-0.25, -0.2) is 8.42 Å². The fraction of sp³-hybridized carbons (Fsp3) is 0.750. The molecule has 0 aromatic carbocycles. The van der Waals surface area contributed by atoms with Gasteiger partial charge in [0.05, 0.1) is 23.2 Å². The maximum absolute atomic E-state index is 11.5. The number of nitrogens with zero attached hydrogens (tertiary/aromatic N) is 2. The molecule has 2 heterocycles. The highest BCUT2D eigenvalue weighted by Gasteiger charge is 2.31. The molecule has 1 aromatic heterocycles. The van der Waals surface area contributed by atoms with Gasteiger partial charge < -0.3 is 5.73 Å². The van der Waals surface area contributed by atoms with Gasteiger partial charge in [0.25, 0.3) is 0 Å². The summed E-state index contributed by atoms with van der Waals surface area (Å²) in [5.41, 5.74) is 9.03. The molecule has 6 heteroatoms. The maximum Gasteiger partial charge on any atom is 0.152 e. The van der Waals surface area contributed by atoms with E-state index in [0.29, 0.717) is 6.42 Å². The van der Waals surface area contributed by atoms with Crippen LogP contribution in [0, 0.1) is 13.8 Å². The predicted molar refractivity (Wildman–Crippen MR) is 71.4 cm³/mol. The molecule has 2 rings (SSSR count). The van der Waals surface area contributed by atoms with Gasteiger partial charge in [0.15, 0.2) is 9.84 Å². The third-order valence-corrected chi connectivity index (χ3v) is 5.31. The topological polar surface area (TPSA) is 78.0 Å². The first-order valence-corrected chi connectivity index (χ1v) is 8.13. The van der Waals surface area contributed by atoms with Gasteiger partial charge in [0.1, 0.15) is 0 Å². The number of sulfone groups is 1. The number of nitrogens with two attached hydrogens (primary N) is 1. The summed E-state index contributed by atoms with van der Waals surface area (Å²) in [4.78, 5) is 0. The van der Waals surface area contributed by atoms with Gasteiger partial charge in [-0.1, -0.05) is 0 Å². The molecule has 1 fully saturated rings. The molecule has 0 radical (unpaired) electrons. The van der Waals surface area contributed by atoms with Crippen LogP contribution in [-0.2, 0) is 16.3 Å². The highest BCUT2D eigenvalue weighted by atomic mass is 32.2. The summed E-state index contributed by atoms with van der Waals surface area (Å²) >= 11 is 0. The van der Waals surface area contributed by atoms with Crippen LogP contribution in [0.2, 0.25) is 0 Å². The smallest absolute Gasteiger partial charge is 0.152 e. The second-order valence-corrected chi connectivity index (χ2v) is 7.56. The Balaban J connectivity index is 2.30. The summed E-state index contributed by atoms with van der Waals surface area (Å²) in [6, 6.07) is 0.0860. The molecule has 0 saturated carbocycles. The molecule has 2 unspecified atom stereocenters. The average Bonchev–Trinajstić information content (AvgIpc) is 2.72. The lowest BCUT2D eigenvalue weighted by Gasteiger charge is -2.12. The summed E-state index contributed by atoms with van der Waals surface area (Å²) in [6.45, 7) is 5.93. The van der Waals surface area contributed by atoms with E-state index in [-0.39, 0.29) is 23.6 Å². The van der Waals surface area contributed by atoms with Crippen molar-refractivity contribution in [1.82, 2.24) is 9.78 Å². The third kappa shape index (κ3) is 2.59. The molecule has 102 valence electrons. The van der Waals surface area contributed by atoms with Gasteiger partial charge in [-0.05, 0) is 39.2 Å². The minimum absolute atomic E-state index is 0.00414. The van der Waals surface area contributed by atoms with Gasteiger partial charge in [-0.3, -0.25) is 4.68 Å². The Morgan fingerprint density at radius 3 is 2.67 bits per heavy atom. The van der Waals surface area contributed by atoms with Crippen LogP contribution in [0.5, 0.6) is 0 Å². The van der Waals surface area contributed by atoms with Crippen LogP contribution in [0.4, 0.5) is 0 Å². The third-order valence-electron chi connectivity index (χ3n) is 3.56. The van der Waals surface area contributed by atoms with E-state index in [4.69, 9.17) is 5.73 Å². The van der Waals surface area contributed by atoms with E-state index >= 15 is 0 Å². The molecule has 1 saturated heterocycles. The first-order chi connectivity index (χ1) is 8.30. The second kappa shape index (κ2) is 4.66. The van der Waals surface area contributed by atoms with E-state index in [1.165, 1.54) is 0 Å². The van der Waals surface area contributed by atoms with Crippen molar-refractivity contribution >= 4 is 9.84 Å². The zero-order valence-corrected chi connectivity index (χ0v) is 12.0. The van der Waals surface area contributed by atoms with Crippen LogP contribution in [-0.4, -0.2) is 35.7 Å². The average molecular weight is 271 g/mol. The number of aryl methyl sites for hydroxylation is 1. The summed E-state index contributed by atoms with van der Waals surface area (Å²) in [7, 11) is -2.87. The van der Waals surface area contributed by atoms with Crippen molar-refractivity contribution in [3.8, 4) is 0 Å². The SMILES string of the molecule is Cc1nn(C2CCS(=O)(=O)C2)c(C)c1CC(C)N. The molecule has 2 atom stereocenters. The van der Waals surface area contributed by atoms with Crippen LogP contribution in [0.15, 0.2) is 0 Å². The fourth-order valence-corrected chi connectivity index (χ4v) is 4.33. The molecular weight excluding hydrogens is 250 g/mol. The highest BCUT2D eigenvalue weighted by molar-refractivity contribution is 7.91. The number of hydrogen-bond acceptors (Lipinski definition) is 4. The van der Waals surface area contributed by atoms with Gasteiger partial charge in [-0.15, -0.1) is 0 Å². The Hall–Kier alpha value is -0.880. The first-order valence-electron chi connectivity index (χ1n) is 6.31. The van der Waals surface area contributed by atoms with Crippen LogP contribution in [0.3, 0.4) is 0 Å². The zero-order chi connectivity index (χ0) is 13.5. The van der Waals surface area contributed by atoms with E-state index in [1.54, 1.807) is 0 Å². The fourth-order valence-electron chi connectivity index (χ4n) is 2.64. The minimum Gasteiger partial charge on any atom is -0.328 e. The molecule has 5 nitrogen and oxygen atoms in total. The van der Waals surface area contributed by atoms with Gasteiger partial charge in [-0.2, -0.15) is 5.10 Å². The van der Waals surface area contributed by atoms with Crippen molar-refractivity contribution in [2.75, 3.05) is 11.5 Å². The summed E-state index contributed by atoms with van der Waals surface area (Å²) in [5.74, 6) is 0.491. The number of rotatable bonds is 3. The molecule has 2 N–H and O–H groups in total. The molecule has 1 aliphatic heterocycles. The second-order valence-electron chi connectivity index (χ2n) is 5.33. The Labute approximate surface area is 108 Å². The molecule has 1 aromatic rings. The van der Waals surface area contributed by atoms with Crippen molar-refractivity contribution in [2.24, 2.45) is 5.73 Å². The lowest BCUT2D eigenvalue weighted by molar-refractivity contribution is 0.485. The Kier molecular flexibility index (Phi) is 3.51. The van der Waals surface area contributed by atoms with E-state index in [1.807, 2.05) is 25.5 Å². The summed E-state index contributed by atoms with van der Waals surface area (Å²) in [6.07, 6.45) is 1.46. The lowest BCUT2D eigenvalue weighted by atomic mass is 10.1. The van der Waals surface area contributed by atoms with Crippen molar-refractivity contribution in [3.05, 3.63) is 17.0 Å². The van der Waals surface area contributed by atoms with Crippen LogP contribution >= 0.6 is 0 Å². The monoisotopic (exact) mass is 271 g/mol. The minimum atomic E-state index is -2.87. The zero-order valence-electron chi connectivity index (χ0n) is 11.2. The van der Waals surface area contributed by atoms with Gasteiger partial charge in [0, 0.05) is 11.7 Å². The van der Waals surface area contributed by atoms with Crippen LogP contribution in [0.1, 0.15) is 36.3 Å². The standard InChI is InChI=1S/C12H21N3O2S/c1-8(13)6-12-9(2)14-15(10(12)3)11-4-5-18(16,17)7-11/h8,11H,4-7,13H2,1-3H3. The van der Waals surface area contributed by atoms with E-state index in [0.717, 1.165) is 23.4 Å². The molecule has 0 aliphatic carbocycles. The maximum atomic E-state index is 11.5. The molecule has 0 spiro atoms. The summed E-state index contributed by atoms with van der Waals surface area (Å²) < 4.78 is 25.0. The summed E-state index contributed by atoms with van der Waals surface area (Å²) in [5, 5.41) is 4.51. The molecule has 18 heavy (non-hydrogen) atoms. The van der Waals surface area contributed by atoms with Crippen molar-refractivity contribution in [2.45, 2.75) is 45.7 Å². The molecule has 0 bridgehead atoms. The predicted octanol–water partition coefficient (Wildman–Crippen LogP) is 0.749. The number of hydrogen-bond donors (Lipinski definition) is 1. The van der Waals surface area contributed by atoms with Crippen LogP contribution in [0.25, 0.3) is 0 Å². The van der Waals surface area contributed by atoms with E-state index < -0.39 is 9.84 Å².